The van der Waals surface area contributed by atoms with Crippen LogP contribution in [0.4, 0.5) is 0 Å². The van der Waals surface area contributed by atoms with E-state index in [0.717, 1.165) is 24.3 Å². The van der Waals surface area contributed by atoms with Gasteiger partial charge >= 0.3 is 0 Å². The summed E-state index contributed by atoms with van der Waals surface area (Å²) in [6.45, 7) is 1.50. The molecule has 52 valence electrons. The van der Waals surface area contributed by atoms with Crippen LogP contribution >= 0.6 is 0 Å². The Morgan fingerprint density at radius 1 is 1.11 bits per heavy atom. The third-order valence-electron chi connectivity index (χ3n) is 1.58. The maximum atomic E-state index is 10.6. The molecule has 3 nitrogen and oxygen atoms in total. The van der Waals surface area contributed by atoms with Crippen LogP contribution in [0.3, 0.4) is 0 Å². The van der Waals surface area contributed by atoms with Crippen molar-refractivity contribution >= 4 is 0 Å². The van der Waals surface area contributed by atoms with E-state index in [9.17, 15) is 4.91 Å². The van der Waals surface area contributed by atoms with Crippen molar-refractivity contribution < 1.29 is 4.87 Å². The van der Waals surface area contributed by atoms with Gasteiger partial charge in [-0.3, -0.25) is 0 Å². The molecular formula is C6H13N2O+. The zero-order valence-corrected chi connectivity index (χ0v) is 5.60. The Hall–Kier alpha value is -0.600. The van der Waals surface area contributed by atoms with Gasteiger partial charge in [0.15, 0.2) is 0 Å². The quantitative estimate of drug-likeness (QED) is 0.491. The lowest BCUT2D eigenvalue weighted by Gasteiger charge is -2.02. The summed E-state index contributed by atoms with van der Waals surface area (Å²) in [5.41, 5.74) is 2.76. The molecule has 0 aromatic rings. The van der Waals surface area contributed by atoms with Crippen LogP contribution in [0.25, 0.3) is 0 Å². The van der Waals surface area contributed by atoms with Gasteiger partial charge in [-0.25, -0.2) is 0 Å². The van der Waals surface area contributed by atoms with Crippen molar-refractivity contribution in [3.8, 4) is 0 Å². The van der Waals surface area contributed by atoms with Gasteiger partial charge in [-0.2, -0.15) is 5.43 Å². The van der Waals surface area contributed by atoms with Crippen LogP contribution in [0.1, 0.15) is 25.7 Å². The van der Waals surface area contributed by atoms with Crippen molar-refractivity contribution in [2.45, 2.75) is 25.7 Å². The van der Waals surface area contributed by atoms with Gasteiger partial charge < -0.3 is 0 Å². The molecule has 0 bridgehead atoms. The molecular weight excluding hydrogens is 116 g/mol. The molecule has 1 aliphatic rings. The number of nitrogens with one attached hydrogen (secondary N) is 1. The summed E-state index contributed by atoms with van der Waals surface area (Å²) in [6.07, 6.45) is 4.65. The molecule has 0 radical (unpaired) electrons. The molecule has 0 aromatic heterocycles. The molecule has 1 rings (SSSR count). The van der Waals surface area contributed by atoms with Gasteiger partial charge in [-0.05, 0) is 12.8 Å². The van der Waals surface area contributed by atoms with Crippen LogP contribution in [-0.4, -0.2) is 18.0 Å². The van der Waals surface area contributed by atoms with E-state index in [-0.39, 0.29) is 0 Å². The topological polar surface area (TPSA) is 32.1 Å². The average Bonchev–Trinajstić information content (AvgIpc) is 1.79. The molecule has 0 unspecified atom stereocenters. The fraction of sp³-hybridized carbons (Fsp3) is 1.00. The minimum Gasteiger partial charge on any atom is -0.153 e. The van der Waals surface area contributed by atoms with Crippen molar-refractivity contribution in [2.24, 2.45) is 0 Å². The number of rotatable bonds is 0. The summed E-state index contributed by atoms with van der Waals surface area (Å²) in [4.78, 5) is 11.6. The SMILES string of the molecule is O=[N+]1CCCCCCN1. The van der Waals surface area contributed by atoms with E-state index in [0.29, 0.717) is 6.54 Å². The smallest absolute Gasteiger partial charge is 0.153 e. The molecule has 3 heteroatoms. The highest BCUT2D eigenvalue weighted by Gasteiger charge is 2.08. The Bertz CT molecular complexity index is 93.2. The van der Waals surface area contributed by atoms with Crippen LogP contribution in [0.5, 0.6) is 0 Å². The third-order valence-corrected chi connectivity index (χ3v) is 1.58. The van der Waals surface area contributed by atoms with Crippen molar-refractivity contribution in [1.82, 2.24) is 5.43 Å². The fourth-order valence-electron chi connectivity index (χ4n) is 1.02. The number of nitrogens with zero attached hydrogens (tertiary/aromatic N) is 1. The van der Waals surface area contributed by atoms with Gasteiger partial charge in [-0.1, -0.05) is 6.42 Å². The highest BCUT2D eigenvalue weighted by atomic mass is 16.3. The first kappa shape index (κ1) is 6.52. The van der Waals surface area contributed by atoms with Crippen molar-refractivity contribution in [3.63, 3.8) is 0 Å². The maximum absolute atomic E-state index is 10.6. The molecule has 1 N–H and O–H groups in total. The van der Waals surface area contributed by atoms with E-state index in [1.165, 1.54) is 12.8 Å². The summed E-state index contributed by atoms with van der Waals surface area (Å²) in [5, 5.41) is 0. The first-order chi connectivity index (χ1) is 4.39. The van der Waals surface area contributed by atoms with E-state index in [2.05, 4.69) is 5.43 Å². The zero-order chi connectivity index (χ0) is 6.53. The molecule has 1 aliphatic heterocycles. The van der Waals surface area contributed by atoms with E-state index in [1.807, 2.05) is 0 Å². The lowest BCUT2D eigenvalue weighted by molar-refractivity contribution is -0.608. The third kappa shape index (κ3) is 2.44. The second-order valence-electron chi connectivity index (χ2n) is 2.42. The van der Waals surface area contributed by atoms with Gasteiger partial charge in [0.05, 0.1) is 11.5 Å². The highest BCUT2D eigenvalue weighted by Crippen LogP contribution is 2.00. The molecule has 0 amide bonds. The van der Waals surface area contributed by atoms with E-state index >= 15 is 0 Å². The van der Waals surface area contributed by atoms with Gasteiger partial charge in [0.1, 0.15) is 4.87 Å². The van der Waals surface area contributed by atoms with Gasteiger partial charge in [-0.15, -0.1) is 0 Å². The average molecular weight is 129 g/mol. The van der Waals surface area contributed by atoms with Crippen molar-refractivity contribution in [3.05, 3.63) is 4.91 Å². The second kappa shape index (κ2) is 3.43. The summed E-state index contributed by atoms with van der Waals surface area (Å²) in [6, 6.07) is 0. The molecule has 0 aromatic carbocycles. The monoisotopic (exact) mass is 129 g/mol. The predicted molar refractivity (Wildman–Crippen MR) is 35.0 cm³/mol. The van der Waals surface area contributed by atoms with Crippen LogP contribution < -0.4 is 5.43 Å². The molecule has 9 heavy (non-hydrogen) atoms. The van der Waals surface area contributed by atoms with Gasteiger partial charge in [0.25, 0.3) is 0 Å². The summed E-state index contributed by atoms with van der Waals surface area (Å²) in [7, 11) is 0. The standard InChI is InChI=1S/C6H13N2O/c9-8-6-4-2-1-3-5-7-8/h1-6H2,(H,7,9)/q+1. The Labute approximate surface area is 55.0 Å². The molecule has 0 atom stereocenters. The van der Waals surface area contributed by atoms with Crippen molar-refractivity contribution in [1.29, 1.82) is 0 Å². The summed E-state index contributed by atoms with van der Waals surface area (Å²) >= 11 is 0. The van der Waals surface area contributed by atoms with Crippen LogP contribution in [0.2, 0.25) is 0 Å². The Morgan fingerprint density at radius 3 is 2.78 bits per heavy atom. The Kier molecular flexibility index (Phi) is 2.48. The summed E-state index contributed by atoms with van der Waals surface area (Å²) in [5.74, 6) is 0. The first-order valence-electron chi connectivity index (χ1n) is 3.58. The van der Waals surface area contributed by atoms with Crippen LogP contribution in [0.15, 0.2) is 0 Å². The Morgan fingerprint density at radius 2 is 1.89 bits per heavy atom. The zero-order valence-electron chi connectivity index (χ0n) is 5.60. The second-order valence-corrected chi connectivity index (χ2v) is 2.42. The lowest BCUT2D eigenvalue weighted by atomic mass is 10.2. The lowest BCUT2D eigenvalue weighted by Crippen LogP contribution is -2.29. The normalized spacial score (nSPS) is 22.0. The van der Waals surface area contributed by atoms with Gasteiger partial charge in [0, 0.05) is 6.42 Å². The fourth-order valence-corrected chi connectivity index (χ4v) is 1.02. The molecule has 1 saturated heterocycles. The highest BCUT2D eigenvalue weighted by molar-refractivity contribution is 4.45. The minimum atomic E-state index is 0.653. The molecule has 1 heterocycles. The van der Waals surface area contributed by atoms with E-state index in [1.54, 1.807) is 0 Å². The molecule has 0 aliphatic carbocycles. The van der Waals surface area contributed by atoms with E-state index in [4.69, 9.17) is 0 Å². The van der Waals surface area contributed by atoms with Gasteiger partial charge in [0.2, 0.25) is 6.54 Å². The summed E-state index contributed by atoms with van der Waals surface area (Å²) < 4.78 is 0. The molecule has 0 spiro atoms. The minimum absolute atomic E-state index is 0.653. The van der Waals surface area contributed by atoms with Crippen LogP contribution in [0, 0.1) is 4.91 Å². The maximum Gasteiger partial charge on any atom is 0.225 e. The molecule has 0 saturated carbocycles. The predicted octanol–water partition coefficient (Wildman–Crippen LogP) is 0.844. The molecule has 1 fully saturated rings. The largest absolute Gasteiger partial charge is 0.225 e. The number of hydrogen-bond donors (Lipinski definition) is 1. The van der Waals surface area contributed by atoms with E-state index < -0.39 is 0 Å². The van der Waals surface area contributed by atoms with Crippen LogP contribution in [-0.2, 0) is 0 Å². The Balaban J connectivity index is 2.20. The number of hydrogen-bond acceptors (Lipinski definition) is 1. The number of hydrazine groups is 1. The first-order valence-corrected chi connectivity index (χ1v) is 3.58. The van der Waals surface area contributed by atoms with Crippen molar-refractivity contribution in [2.75, 3.05) is 13.1 Å². The number of nitroso groups, excluding NO2 is 1.